The standard InChI is InChI=1S/C22H19N3O4/c1-14-12-20(24-29-14)25-11-10-17-18(22(25)27)4-3-5-19(17)23-21(26)13-15-6-8-16(28-2)9-7-15/h3-12H,13H2,1-2H3,(H,23,26). The van der Waals surface area contributed by atoms with E-state index in [0.29, 0.717) is 28.0 Å². The number of carbonyl (C=O) groups is 1. The normalized spacial score (nSPS) is 10.8. The second kappa shape index (κ2) is 7.63. The first-order valence-electron chi connectivity index (χ1n) is 9.06. The molecule has 4 aromatic rings. The van der Waals surface area contributed by atoms with E-state index in [2.05, 4.69) is 10.5 Å². The second-order valence-electron chi connectivity index (χ2n) is 6.63. The van der Waals surface area contributed by atoms with Crippen LogP contribution in [0.5, 0.6) is 5.75 Å². The molecule has 0 saturated heterocycles. The van der Waals surface area contributed by atoms with Crippen molar-refractivity contribution in [3.8, 4) is 11.6 Å². The monoisotopic (exact) mass is 389 g/mol. The van der Waals surface area contributed by atoms with Crippen molar-refractivity contribution in [2.75, 3.05) is 12.4 Å². The molecule has 0 aliphatic rings. The fourth-order valence-electron chi connectivity index (χ4n) is 3.16. The number of nitrogens with one attached hydrogen (secondary N) is 1. The molecule has 2 heterocycles. The zero-order valence-electron chi connectivity index (χ0n) is 16.0. The Kier molecular flexibility index (Phi) is 4.87. The smallest absolute Gasteiger partial charge is 0.264 e. The number of anilines is 1. The van der Waals surface area contributed by atoms with Crippen LogP contribution in [0, 0.1) is 6.92 Å². The fraction of sp³-hybridized carbons (Fsp3) is 0.136. The topological polar surface area (TPSA) is 86.4 Å². The first kappa shape index (κ1) is 18.5. The number of aromatic nitrogens is 2. The summed E-state index contributed by atoms with van der Waals surface area (Å²) in [5.74, 6) is 1.61. The predicted octanol–water partition coefficient (Wildman–Crippen LogP) is 3.48. The van der Waals surface area contributed by atoms with Crippen molar-refractivity contribution in [1.29, 1.82) is 0 Å². The van der Waals surface area contributed by atoms with Crippen molar-refractivity contribution in [3.63, 3.8) is 0 Å². The van der Waals surface area contributed by atoms with Crippen LogP contribution in [0.25, 0.3) is 16.6 Å². The van der Waals surface area contributed by atoms with Gasteiger partial charge in [0, 0.05) is 28.7 Å². The summed E-state index contributed by atoms with van der Waals surface area (Å²) in [5, 5.41) is 7.94. The molecule has 2 aromatic heterocycles. The largest absolute Gasteiger partial charge is 0.497 e. The molecule has 0 atom stereocenters. The van der Waals surface area contributed by atoms with Crippen LogP contribution in [0.2, 0.25) is 0 Å². The highest BCUT2D eigenvalue weighted by atomic mass is 16.5. The van der Waals surface area contributed by atoms with E-state index < -0.39 is 0 Å². The number of benzene rings is 2. The van der Waals surface area contributed by atoms with Gasteiger partial charge in [-0.15, -0.1) is 0 Å². The Hall–Kier alpha value is -3.87. The lowest BCUT2D eigenvalue weighted by atomic mass is 10.1. The maximum Gasteiger partial charge on any atom is 0.264 e. The second-order valence-corrected chi connectivity index (χ2v) is 6.63. The first-order valence-corrected chi connectivity index (χ1v) is 9.06. The van der Waals surface area contributed by atoms with Crippen LogP contribution in [0.15, 0.2) is 70.1 Å². The minimum atomic E-state index is -0.234. The number of amides is 1. The highest BCUT2D eigenvalue weighted by Crippen LogP contribution is 2.22. The summed E-state index contributed by atoms with van der Waals surface area (Å²) in [6, 6.07) is 16.0. The predicted molar refractivity (Wildman–Crippen MR) is 110 cm³/mol. The van der Waals surface area contributed by atoms with Gasteiger partial charge in [-0.2, -0.15) is 0 Å². The third-order valence-electron chi connectivity index (χ3n) is 4.61. The number of ether oxygens (including phenoxy) is 1. The van der Waals surface area contributed by atoms with E-state index in [4.69, 9.17) is 9.26 Å². The van der Waals surface area contributed by atoms with Gasteiger partial charge in [-0.3, -0.25) is 14.2 Å². The summed E-state index contributed by atoms with van der Waals surface area (Å²) in [6.07, 6.45) is 1.84. The van der Waals surface area contributed by atoms with E-state index in [1.165, 1.54) is 4.57 Å². The van der Waals surface area contributed by atoms with Crippen molar-refractivity contribution >= 4 is 22.4 Å². The lowest BCUT2D eigenvalue weighted by molar-refractivity contribution is -0.115. The molecular weight excluding hydrogens is 370 g/mol. The van der Waals surface area contributed by atoms with E-state index in [-0.39, 0.29) is 17.9 Å². The van der Waals surface area contributed by atoms with E-state index in [1.54, 1.807) is 50.6 Å². The molecule has 0 aliphatic heterocycles. The van der Waals surface area contributed by atoms with Gasteiger partial charge in [0.15, 0.2) is 5.82 Å². The zero-order valence-corrected chi connectivity index (χ0v) is 16.0. The number of hydrogen-bond acceptors (Lipinski definition) is 5. The lowest BCUT2D eigenvalue weighted by Gasteiger charge is -2.10. The Labute approximate surface area is 166 Å². The number of fused-ring (bicyclic) bond motifs is 1. The van der Waals surface area contributed by atoms with Crippen LogP contribution in [-0.2, 0) is 11.2 Å². The van der Waals surface area contributed by atoms with Gasteiger partial charge in [0.2, 0.25) is 5.91 Å². The summed E-state index contributed by atoms with van der Waals surface area (Å²) < 4.78 is 11.6. The van der Waals surface area contributed by atoms with Crippen molar-refractivity contribution in [2.45, 2.75) is 13.3 Å². The molecule has 0 saturated carbocycles. The molecule has 1 amide bonds. The maximum atomic E-state index is 12.9. The Bertz CT molecular complexity index is 1240. The van der Waals surface area contributed by atoms with Crippen molar-refractivity contribution in [1.82, 2.24) is 9.72 Å². The van der Waals surface area contributed by atoms with Crippen LogP contribution >= 0.6 is 0 Å². The number of hydrogen-bond donors (Lipinski definition) is 1. The highest BCUT2D eigenvalue weighted by molar-refractivity contribution is 6.02. The van der Waals surface area contributed by atoms with E-state index in [0.717, 1.165) is 11.3 Å². The molecule has 2 aromatic carbocycles. The Morgan fingerprint density at radius 1 is 1.14 bits per heavy atom. The summed E-state index contributed by atoms with van der Waals surface area (Å²) >= 11 is 0. The molecule has 0 radical (unpaired) electrons. The minimum Gasteiger partial charge on any atom is -0.497 e. The van der Waals surface area contributed by atoms with Gasteiger partial charge in [0.25, 0.3) is 5.56 Å². The van der Waals surface area contributed by atoms with Gasteiger partial charge < -0.3 is 14.6 Å². The van der Waals surface area contributed by atoms with Gasteiger partial charge >= 0.3 is 0 Å². The molecule has 0 fully saturated rings. The number of rotatable bonds is 5. The average molecular weight is 389 g/mol. The molecule has 1 N–H and O–H groups in total. The zero-order chi connectivity index (χ0) is 20.4. The molecule has 7 nitrogen and oxygen atoms in total. The molecule has 4 rings (SSSR count). The number of methoxy groups -OCH3 is 1. The Morgan fingerprint density at radius 3 is 2.62 bits per heavy atom. The van der Waals surface area contributed by atoms with Crippen molar-refractivity contribution < 1.29 is 14.1 Å². The quantitative estimate of drug-likeness (QED) is 0.565. The summed E-state index contributed by atoms with van der Waals surface area (Å²) in [6.45, 7) is 1.76. The third-order valence-corrected chi connectivity index (χ3v) is 4.61. The number of carbonyl (C=O) groups excluding carboxylic acids is 1. The van der Waals surface area contributed by atoms with Gasteiger partial charge in [-0.25, -0.2) is 0 Å². The average Bonchev–Trinajstić information content (AvgIpc) is 3.15. The van der Waals surface area contributed by atoms with Crippen LogP contribution in [-0.4, -0.2) is 22.7 Å². The number of pyridine rings is 1. The van der Waals surface area contributed by atoms with Gasteiger partial charge in [0.1, 0.15) is 11.5 Å². The van der Waals surface area contributed by atoms with Gasteiger partial charge in [-0.05, 0) is 42.8 Å². The third kappa shape index (κ3) is 3.75. The molecule has 7 heteroatoms. The van der Waals surface area contributed by atoms with E-state index >= 15 is 0 Å². The van der Waals surface area contributed by atoms with Crippen molar-refractivity contribution in [2.24, 2.45) is 0 Å². The molecular formula is C22H19N3O4. The molecule has 0 bridgehead atoms. The molecule has 0 spiro atoms. The molecule has 146 valence electrons. The molecule has 0 aliphatic carbocycles. The Balaban J connectivity index is 1.61. The van der Waals surface area contributed by atoms with Crippen LogP contribution in [0.4, 0.5) is 5.69 Å². The number of aryl methyl sites for hydroxylation is 1. The van der Waals surface area contributed by atoms with Crippen molar-refractivity contribution in [3.05, 3.63) is 82.5 Å². The van der Waals surface area contributed by atoms with Crippen LogP contribution < -0.4 is 15.6 Å². The first-order chi connectivity index (χ1) is 14.0. The fourth-order valence-corrected chi connectivity index (χ4v) is 3.16. The lowest BCUT2D eigenvalue weighted by Crippen LogP contribution is -2.19. The molecule has 0 unspecified atom stereocenters. The van der Waals surface area contributed by atoms with E-state index in [9.17, 15) is 9.59 Å². The maximum absolute atomic E-state index is 12.9. The van der Waals surface area contributed by atoms with Crippen LogP contribution in [0.1, 0.15) is 11.3 Å². The SMILES string of the molecule is COc1ccc(CC(=O)Nc2cccc3c(=O)n(-c4cc(C)on4)ccc23)cc1. The number of nitrogens with zero attached hydrogens (tertiary/aromatic N) is 2. The van der Waals surface area contributed by atoms with E-state index in [1.807, 2.05) is 24.3 Å². The van der Waals surface area contributed by atoms with Crippen LogP contribution in [0.3, 0.4) is 0 Å². The molecule has 29 heavy (non-hydrogen) atoms. The summed E-state index contributed by atoms with van der Waals surface area (Å²) in [5.41, 5.74) is 1.22. The van der Waals surface area contributed by atoms with Gasteiger partial charge in [0.05, 0.1) is 13.5 Å². The highest BCUT2D eigenvalue weighted by Gasteiger charge is 2.12. The summed E-state index contributed by atoms with van der Waals surface area (Å²) in [7, 11) is 1.60. The minimum absolute atomic E-state index is 0.168. The van der Waals surface area contributed by atoms with Gasteiger partial charge in [-0.1, -0.05) is 23.4 Å². The Morgan fingerprint density at radius 2 is 1.93 bits per heavy atom. The summed E-state index contributed by atoms with van der Waals surface area (Å²) in [4.78, 5) is 25.4.